The lowest BCUT2D eigenvalue weighted by atomic mass is 9.35. The van der Waals surface area contributed by atoms with E-state index in [-0.39, 0.29) is 23.3 Å². The van der Waals surface area contributed by atoms with Gasteiger partial charge in [-0.25, -0.2) is 4.79 Å². The van der Waals surface area contributed by atoms with Gasteiger partial charge in [0.15, 0.2) is 11.5 Å². The Morgan fingerprint density at radius 2 is 1.84 bits per heavy atom. The van der Waals surface area contributed by atoms with Gasteiger partial charge in [-0.3, -0.25) is 9.18 Å². The Hall–Kier alpha value is -1.80. The van der Waals surface area contributed by atoms with Gasteiger partial charge in [-0.05, 0) is 126 Å². The van der Waals surface area contributed by atoms with Crippen LogP contribution in [0.5, 0.6) is 11.5 Å². The number of ether oxygens (including phenoxy) is 2. The van der Waals surface area contributed by atoms with Crippen molar-refractivity contribution in [2.45, 2.75) is 115 Å². The van der Waals surface area contributed by atoms with Crippen molar-refractivity contribution in [3.8, 4) is 11.5 Å². The van der Waals surface area contributed by atoms with Gasteiger partial charge in [-0.15, -0.1) is 11.3 Å². The first-order valence-corrected chi connectivity index (χ1v) is 19.6. The van der Waals surface area contributed by atoms with Crippen LogP contribution in [-0.4, -0.2) is 73.0 Å². The van der Waals surface area contributed by atoms with E-state index in [1.54, 1.807) is 23.3 Å². The average molecular weight is 711 g/mol. The minimum atomic E-state index is -2.53. The van der Waals surface area contributed by atoms with Crippen LogP contribution in [0.15, 0.2) is 23.6 Å². The second-order valence-electron chi connectivity index (χ2n) is 16.5. The number of carbonyl (C=O) groups excluding carboxylic acids is 2. The number of thiophene rings is 1. The Morgan fingerprint density at radius 1 is 1.10 bits per heavy atom. The van der Waals surface area contributed by atoms with E-state index in [9.17, 15) is 14.0 Å². The zero-order valence-electron chi connectivity index (χ0n) is 30.4. The molecular weight excluding hydrogens is 661 g/mol. The molecule has 2 heterocycles. The van der Waals surface area contributed by atoms with Gasteiger partial charge in [0.2, 0.25) is 0 Å². The number of amides is 1. The summed E-state index contributed by atoms with van der Waals surface area (Å²) in [7, 11) is 22.0. The van der Waals surface area contributed by atoms with Crippen molar-refractivity contribution in [2.75, 3.05) is 19.4 Å². The summed E-state index contributed by atoms with van der Waals surface area (Å²) in [5.74, 6) is 4.18. The van der Waals surface area contributed by atoms with E-state index in [0.29, 0.717) is 66.2 Å². The molecule has 5 nitrogen and oxygen atoms in total. The minimum Gasteiger partial charge on any atom is -0.493 e. The first kappa shape index (κ1) is 39.4. The molecule has 0 spiro atoms. The normalized spacial score (nSPS) is 26.1. The minimum absolute atomic E-state index is 0.158. The maximum absolute atomic E-state index is 13.3. The maximum Gasteiger partial charge on any atom is 0.415 e. The lowest BCUT2D eigenvalue weighted by Crippen LogP contribution is -2.46. The average Bonchev–Trinajstić information content (AvgIpc) is 3.64. The summed E-state index contributed by atoms with van der Waals surface area (Å²) in [4.78, 5) is 29.5. The molecule has 2 fully saturated rings. The summed E-state index contributed by atoms with van der Waals surface area (Å²) >= 11 is 5.68. The van der Waals surface area contributed by atoms with Gasteiger partial charge in [0.05, 0.1) is 29.3 Å². The zero-order chi connectivity index (χ0) is 36.6. The number of rotatable bonds is 8. The van der Waals surface area contributed by atoms with Gasteiger partial charge in [0, 0.05) is 28.7 Å². The largest absolute Gasteiger partial charge is 0.493 e. The molecule has 4 unspecified atom stereocenters. The van der Waals surface area contributed by atoms with Crippen LogP contribution >= 0.6 is 24.0 Å². The van der Waals surface area contributed by atoms with Crippen LogP contribution in [0.1, 0.15) is 107 Å². The molecule has 0 bridgehead atoms. The molecule has 1 aromatic carbocycles. The monoisotopic (exact) mass is 711 g/mol. The lowest BCUT2D eigenvalue weighted by molar-refractivity contribution is -0.130. The number of methoxy groups -OCH3 is 1. The summed E-state index contributed by atoms with van der Waals surface area (Å²) in [6, 6.07) is 6.36. The highest BCUT2D eigenvalue weighted by molar-refractivity contribution is 7.80. The molecule has 4 aliphatic rings. The maximum atomic E-state index is 13.3. The van der Waals surface area contributed by atoms with E-state index < -0.39 is 10.7 Å². The van der Waals surface area contributed by atoms with Crippen LogP contribution in [0.3, 0.4) is 0 Å². The quantitative estimate of drug-likeness (QED) is 0.224. The number of thiol groups is 1. The van der Waals surface area contributed by atoms with Crippen molar-refractivity contribution in [1.82, 2.24) is 4.90 Å². The van der Waals surface area contributed by atoms with E-state index >= 15 is 0 Å². The summed E-state index contributed by atoms with van der Waals surface area (Å²) < 4.78 is 24.6. The molecule has 8 radical (unpaired) electrons. The number of ketones is 1. The predicted molar refractivity (Wildman–Crippen MR) is 207 cm³/mol. The Labute approximate surface area is 314 Å². The number of hydrogen-bond acceptors (Lipinski definition) is 6. The molecule has 2 aromatic rings. The highest BCUT2D eigenvalue weighted by Gasteiger charge is 2.57. The van der Waals surface area contributed by atoms with Gasteiger partial charge < -0.3 is 14.4 Å². The van der Waals surface area contributed by atoms with Gasteiger partial charge in [0.25, 0.3) is 0 Å². The molecule has 2 saturated carbocycles. The van der Waals surface area contributed by atoms with Gasteiger partial charge in [0.1, 0.15) is 21.5 Å². The number of alkyl halides is 1. The van der Waals surface area contributed by atoms with Crippen LogP contribution in [0.4, 0.5) is 9.18 Å². The van der Waals surface area contributed by atoms with Gasteiger partial charge >= 0.3 is 6.09 Å². The van der Waals surface area contributed by atoms with E-state index in [0.717, 1.165) is 38.5 Å². The SMILES string of the molecule is COc1cc2c(cc1OC(=O)N1CCc3sccc3C1)C[C@@H](CCC(C)(C)C)C1C2CCC2(C)C(=O)CCC12.[B]C([B])(F)C([B])([B])CCCS. The van der Waals surface area contributed by atoms with Crippen LogP contribution < -0.4 is 9.47 Å². The van der Waals surface area contributed by atoms with Crippen molar-refractivity contribution in [3.63, 3.8) is 0 Å². The number of carbonyl (C=O) groups is 2. The summed E-state index contributed by atoms with van der Waals surface area (Å²) in [6.45, 7) is 10.5. The number of halogens is 1. The third-order valence-corrected chi connectivity index (χ3v) is 13.2. The van der Waals surface area contributed by atoms with Crippen molar-refractivity contribution in [3.05, 3.63) is 45.1 Å². The van der Waals surface area contributed by atoms with Crippen LogP contribution in [-0.2, 0) is 24.2 Å². The fraction of sp³-hybridized carbons (Fsp3) is 0.684. The Bertz CT molecular complexity index is 1540. The van der Waals surface area contributed by atoms with Crippen LogP contribution in [0.2, 0.25) is 5.21 Å². The van der Waals surface area contributed by atoms with E-state index in [1.165, 1.54) is 34.4 Å². The third kappa shape index (κ3) is 8.37. The van der Waals surface area contributed by atoms with E-state index in [4.69, 9.17) is 40.9 Å². The summed E-state index contributed by atoms with van der Waals surface area (Å²) in [6.07, 6.45) is 8.47. The molecule has 6 rings (SSSR count). The van der Waals surface area contributed by atoms with Gasteiger partial charge in [-0.1, -0.05) is 39.3 Å². The number of fused-ring (bicyclic) bond motifs is 6. The van der Waals surface area contributed by atoms with Crippen LogP contribution in [0.25, 0.3) is 0 Å². The van der Waals surface area contributed by atoms with Crippen molar-refractivity contribution in [2.24, 2.45) is 28.6 Å². The molecule has 1 aliphatic heterocycles. The standard InChI is InChI=1S/C33H43NO4S.C5H7B4FS/c1-32(2,3)12-8-20-16-22-17-27(38-31(36)34-14-10-28-21(19-34)11-15-39-28)26(37-5)18-24(22)23-9-13-33(4)25(30(20)23)6-7-29(33)35;6-4(7,2-1-3-11)5(8,9)10/h11,15,17-18,20,23,25,30H,6-10,12-14,16,19H2,1-5H3;11H,1-3H2/t20-,23?,25?,30?,33?;/m1./s1. The van der Waals surface area contributed by atoms with Crippen molar-refractivity contribution >= 4 is 67.2 Å². The highest BCUT2D eigenvalue weighted by Crippen LogP contribution is 2.62. The third-order valence-electron chi connectivity index (χ3n) is 11.9. The molecule has 50 heavy (non-hydrogen) atoms. The molecule has 0 N–H and O–H groups in total. The Morgan fingerprint density at radius 3 is 2.50 bits per heavy atom. The molecule has 0 saturated heterocycles. The Balaban J connectivity index is 0.000000383. The second kappa shape index (κ2) is 15.3. The Kier molecular flexibility index (Phi) is 12.0. The number of Topliss-reactive ketones (excluding diaryl/α,β-unsaturated/α-hetero) is 1. The first-order chi connectivity index (χ1) is 23.4. The zero-order valence-corrected chi connectivity index (χ0v) is 32.1. The van der Waals surface area contributed by atoms with Crippen LogP contribution in [0, 0.1) is 28.6 Å². The van der Waals surface area contributed by atoms with E-state index in [2.05, 4.69) is 63.9 Å². The second-order valence-corrected chi connectivity index (χ2v) is 18.0. The van der Waals surface area contributed by atoms with Crippen molar-refractivity contribution < 1.29 is 23.5 Å². The summed E-state index contributed by atoms with van der Waals surface area (Å²) in [5, 5.41) is 0.431. The molecule has 12 heteroatoms. The predicted octanol–water partition coefficient (Wildman–Crippen LogP) is 7.90. The molecule has 1 amide bonds. The number of benzene rings is 1. The number of hydrogen-bond donors (Lipinski definition) is 1. The molecule has 5 atom stereocenters. The fourth-order valence-electron chi connectivity index (χ4n) is 8.82. The first-order valence-electron chi connectivity index (χ1n) is 18.1. The van der Waals surface area contributed by atoms with Gasteiger partial charge in [-0.2, -0.15) is 12.6 Å². The van der Waals surface area contributed by atoms with E-state index in [1.807, 2.05) is 0 Å². The fourth-order valence-corrected chi connectivity index (χ4v) is 9.87. The smallest absolute Gasteiger partial charge is 0.415 e. The van der Waals surface area contributed by atoms with Crippen molar-refractivity contribution in [1.29, 1.82) is 0 Å². The molecule has 1 aromatic heterocycles. The molecular formula is C38H50B4FNO4S2. The molecule has 262 valence electrons. The summed E-state index contributed by atoms with van der Waals surface area (Å²) in [5.41, 5.74) is 1.46. The topological polar surface area (TPSA) is 55.8 Å². The lowest BCUT2D eigenvalue weighted by Gasteiger charge is -2.52. The molecule has 3 aliphatic carbocycles. The number of nitrogens with zero attached hydrogens (tertiary/aromatic N) is 1. The highest BCUT2D eigenvalue weighted by atomic mass is 32.1.